The number of nitrogens with one attached hydrogen (secondary N) is 2. The van der Waals surface area contributed by atoms with E-state index in [0.717, 1.165) is 5.56 Å². The molecule has 1 unspecified atom stereocenters. The topological polar surface area (TPSA) is 117 Å². The average molecular weight is 518 g/mol. The predicted molar refractivity (Wildman–Crippen MR) is 141 cm³/mol. The summed E-state index contributed by atoms with van der Waals surface area (Å²) >= 11 is 0. The Hall–Kier alpha value is -4.53. The van der Waals surface area contributed by atoms with Crippen LogP contribution in [0, 0.1) is 0 Å². The van der Waals surface area contributed by atoms with Gasteiger partial charge >= 0.3 is 5.97 Å². The van der Waals surface area contributed by atoms with Gasteiger partial charge in [0.1, 0.15) is 11.4 Å². The molecule has 198 valence electrons. The van der Waals surface area contributed by atoms with Crippen LogP contribution in [-0.4, -0.2) is 48.1 Å². The number of hydrogen-bond acceptors (Lipinski definition) is 7. The van der Waals surface area contributed by atoms with Crippen LogP contribution < -0.4 is 15.4 Å². The van der Waals surface area contributed by atoms with Crippen LogP contribution in [-0.2, 0) is 25.7 Å². The van der Waals surface area contributed by atoms with E-state index in [1.807, 2.05) is 30.3 Å². The third kappa shape index (κ3) is 6.05. The third-order valence-corrected chi connectivity index (χ3v) is 6.23. The number of fused-ring (bicyclic) bond motifs is 1. The fourth-order valence-electron chi connectivity index (χ4n) is 4.38. The van der Waals surface area contributed by atoms with Crippen molar-refractivity contribution in [1.82, 2.24) is 15.5 Å². The van der Waals surface area contributed by atoms with Crippen molar-refractivity contribution in [1.29, 1.82) is 0 Å². The van der Waals surface area contributed by atoms with Crippen molar-refractivity contribution in [3.63, 3.8) is 0 Å². The molecule has 1 atom stereocenters. The Kier molecular flexibility index (Phi) is 8.47. The second kappa shape index (κ2) is 12.1. The molecule has 0 spiro atoms. The SMILES string of the molecule is CCOC(=O)CCCNC(=O)C1=C(O)C2=CC(c3cccc(OC)c3)C(=O)NC2=CN1Cc1ccccc1. The van der Waals surface area contributed by atoms with Gasteiger partial charge in [0, 0.05) is 31.3 Å². The number of rotatable bonds is 10. The van der Waals surface area contributed by atoms with Gasteiger partial charge in [0.15, 0.2) is 5.76 Å². The molecule has 0 fully saturated rings. The molecule has 38 heavy (non-hydrogen) atoms. The summed E-state index contributed by atoms with van der Waals surface area (Å²) in [6, 6.07) is 16.6. The highest BCUT2D eigenvalue weighted by Crippen LogP contribution is 2.36. The normalized spacial score (nSPS) is 16.6. The first-order valence-corrected chi connectivity index (χ1v) is 12.5. The third-order valence-electron chi connectivity index (χ3n) is 6.23. The highest BCUT2D eigenvalue weighted by Gasteiger charge is 2.35. The van der Waals surface area contributed by atoms with Crippen molar-refractivity contribution in [3.8, 4) is 5.75 Å². The van der Waals surface area contributed by atoms with Crippen LogP contribution >= 0.6 is 0 Å². The van der Waals surface area contributed by atoms with E-state index in [4.69, 9.17) is 9.47 Å². The molecule has 9 nitrogen and oxygen atoms in total. The smallest absolute Gasteiger partial charge is 0.305 e. The maximum absolute atomic E-state index is 13.3. The van der Waals surface area contributed by atoms with Crippen molar-refractivity contribution >= 4 is 17.8 Å². The van der Waals surface area contributed by atoms with E-state index in [2.05, 4.69) is 10.6 Å². The number of esters is 1. The molecule has 4 rings (SSSR count). The van der Waals surface area contributed by atoms with Crippen LogP contribution in [0.25, 0.3) is 0 Å². The molecule has 2 aliphatic rings. The standard InChI is InChI=1S/C29H31N3O6/c1-3-38-25(33)13-8-14-30-29(36)26-27(34)23-16-22(20-11-7-12-21(15-20)37-2)28(35)31-24(23)18-32(26)17-19-9-5-4-6-10-19/h4-7,9-12,15-16,18,22,34H,3,8,13-14,17H2,1-2H3,(H,30,36)(H,31,35). The Balaban J connectivity index is 1.63. The van der Waals surface area contributed by atoms with Crippen molar-refractivity contribution in [3.05, 3.63) is 101 Å². The maximum atomic E-state index is 13.3. The first-order chi connectivity index (χ1) is 18.4. The number of benzene rings is 2. The molecular formula is C29H31N3O6. The highest BCUT2D eigenvalue weighted by atomic mass is 16.5. The lowest BCUT2D eigenvalue weighted by atomic mass is 9.89. The first kappa shape index (κ1) is 26.5. The number of aliphatic hydroxyl groups is 1. The number of carbonyl (C=O) groups excluding carboxylic acids is 3. The lowest BCUT2D eigenvalue weighted by molar-refractivity contribution is -0.143. The van der Waals surface area contributed by atoms with Gasteiger partial charge in [0.05, 0.1) is 25.3 Å². The first-order valence-electron chi connectivity index (χ1n) is 12.5. The lowest BCUT2D eigenvalue weighted by Gasteiger charge is -2.33. The zero-order valence-electron chi connectivity index (χ0n) is 21.4. The molecular weight excluding hydrogens is 486 g/mol. The molecule has 0 radical (unpaired) electrons. The lowest BCUT2D eigenvalue weighted by Crippen LogP contribution is -2.41. The Morgan fingerprint density at radius 1 is 1.13 bits per heavy atom. The summed E-state index contributed by atoms with van der Waals surface area (Å²) in [5.74, 6) is -1.40. The highest BCUT2D eigenvalue weighted by molar-refractivity contribution is 5.97. The van der Waals surface area contributed by atoms with Gasteiger partial charge in [-0.15, -0.1) is 0 Å². The van der Waals surface area contributed by atoms with E-state index < -0.39 is 11.8 Å². The summed E-state index contributed by atoms with van der Waals surface area (Å²) in [6.07, 6.45) is 3.89. The minimum Gasteiger partial charge on any atom is -0.505 e. The van der Waals surface area contributed by atoms with Gasteiger partial charge in [-0.2, -0.15) is 0 Å². The second-order valence-electron chi connectivity index (χ2n) is 8.84. The van der Waals surface area contributed by atoms with Crippen LogP contribution in [0.2, 0.25) is 0 Å². The largest absolute Gasteiger partial charge is 0.505 e. The molecule has 0 aromatic heterocycles. The van der Waals surface area contributed by atoms with Gasteiger partial charge in [-0.05, 0) is 36.6 Å². The van der Waals surface area contributed by atoms with E-state index in [-0.39, 0.29) is 36.3 Å². The molecule has 9 heteroatoms. The number of methoxy groups -OCH3 is 1. The number of nitrogens with zero attached hydrogens (tertiary/aromatic N) is 1. The Morgan fingerprint density at radius 2 is 1.92 bits per heavy atom. The number of aliphatic hydroxyl groups excluding tert-OH is 1. The quantitative estimate of drug-likeness (QED) is 0.327. The van der Waals surface area contributed by atoms with Gasteiger partial charge in [0.25, 0.3) is 5.91 Å². The van der Waals surface area contributed by atoms with Crippen LogP contribution in [0.3, 0.4) is 0 Å². The number of amides is 2. The van der Waals surface area contributed by atoms with Crippen LogP contribution in [0.5, 0.6) is 5.75 Å². The van der Waals surface area contributed by atoms with Crippen molar-refractivity contribution < 1.29 is 29.0 Å². The van der Waals surface area contributed by atoms with Crippen molar-refractivity contribution in [2.24, 2.45) is 0 Å². The molecule has 0 saturated heterocycles. The van der Waals surface area contributed by atoms with Crippen molar-refractivity contribution in [2.75, 3.05) is 20.3 Å². The van der Waals surface area contributed by atoms with Gasteiger partial charge in [-0.25, -0.2) is 0 Å². The Labute approximate surface area is 221 Å². The second-order valence-corrected chi connectivity index (χ2v) is 8.84. The summed E-state index contributed by atoms with van der Waals surface area (Å²) in [7, 11) is 1.55. The van der Waals surface area contributed by atoms with Crippen LogP contribution in [0.1, 0.15) is 36.8 Å². The minimum atomic E-state index is -0.686. The van der Waals surface area contributed by atoms with E-state index in [1.165, 1.54) is 0 Å². The molecule has 0 aliphatic carbocycles. The van der Waals surface area contributed by atoms with Crippen LogP contribution in [0.15, 0.2) is 89.6 Å². The molecule has 3 N–H and O–H groups in total. The van der Waals surface area contributed by atoms with Crippen LogP contribution in [0.4, 0.5) is 0 Å². The predicted octanol–water partition coefficient (Wildman–Crippen LogP) is 3.42. The monoisotopic (exact) mass is 517 g/mol. The summed E-state index contributed by atoms with van der Waals surface area (Å²) in [6.45, 7) is 2.56. The molecule has 2 amide bonds. The number of carbonyl (C=O) groups is 3. The molecule has 0 saturated carbocycles. The van der Waals surface area contributed by atoms with E-state index >= 15 is 0 Å². The van der Waals surface area contributed by atoms with Gasteiger partial charge in [0.2, 0.25) is 5.91 Å². The average Bonchev–Trinajstić information content (AvgIpc) is 2.91. The van der Waals surface area contributed by atoms with Gasteiger partial charge in [-0.1, -0.05) is 48.5 Å². The minimum absolute atomic E-state index is 0.0560. The summed E-state index contributed by atoms with van der Waals surface area (Å²) < 4.78 is 10.2. The molecule has 2 aliphatic heterocycles. The van der Waals surface area contributed by atoms with Gasteiger partial charge in [-0.3, -0.25) is 14.4 Å². The number of hydrogen-bond donors (Lipinski definition) is 3. The summed E-state index contributed by atoms with van der Waals surface area (Å²) in [5, 5.41) is 17.0. The molecule has 2 aromatic carbocycles. The maximum Gasteiger partial charge on any atom is 0.305 e. The van der Waals surface area contributed by atoms with E-state index in [9.17, 15) is 19.5 Å². The Bertz CT molecular complexity index is 1300. The fraction of sp³-hybridized carbons (Fsp3) is 0.276. The molecule has 0 bridgehead atoms. The zero-order valence-corrected chi connectivity index (χ0v) is 21.4. The fourth-order valence-corrected chi connectivity index (χ4v) is 4.38. The summed E-state index contributed by atoms with van der Waals surface area (Å²) in [4.78, 5) is 39.6. The Morgan fingerprint density at radius 3 is 2.66 bits per heavy atom. The zero-order chi connectivity index (χ0) is 27.1. The molecule has 2 heterocycles. The summed E-state index contributed by atoms with van der Waals surface area (Å²) in [5.41, 5.74) is 2.42. The van der Waals surface area contributed by atoms with Gasteiger partial charge < -0.3 is 30.1 Å². The van der Waals surface area contributed by atoms with Crippen molar-refractivity contribution in [2.45, 2.75) is 32.2 Å². The van der Waals surface area contributed by atoms with E-state index in [1.54, 1.807) is 55.5 Å². The van der Waals surface area contributed by atoms with E-state index in [0.29, 0.717) is 42.2 Å². The molecule has 2 aromatic rings. The number of ether oxygens (including phenoxy) is 2.